The third-order valence-electron chi connectivity index (χ3n) is 3.23. The van der Waals surface area contributed by atoms with Gasteiger partial charge < -0.3 is 15.7 Å². The molecule has 1 heterocycles. The highest BCUT2D eigenvalue weighted by molar-refractivity contribution is 5.76. The number of nitrogens with one attached hydrogen (secondary N) is 3. The maximum atomic E-state index is 11.8. The van der Waals surface area contributed by atoms with Gasteiger partial charge in [0.1, 0.15) is 0 Å². The minimum Gasteiger partial charge on any atom is -0.481 e. The second-order valence-electron chi connectivity index (χ2n) is 4.69. The molecule has 0 spiro atoms. The lowest BCUT2D eigenvalue weighted by Crippen LogP contribution is -2.51. The van der Waals surface area contributed by atoms with Crippen molar-refractivity contribution in [3.63, 3.8) is 0 Å². The zero-order valence-electron chi connectivity index (χ0n) is 10.3. The van der Waals surface area contributed by atoms with Gasteiger partial charge in [0.2, 0.25) is 0 Å². The van der Waals surface area contributed by atoms with Crippen molar-refractivity contribution in [1.29, 1.82) is 0 Å². The van der Waals surface area contributed by atoms with Gasteiger partial charge >= 0.3 is 12.0 Å². The number of H-pyrrole nitrogens is 1. The number of urea groups is 1. The summed E-state index contributed by atoms with van der Waals surface area (Å²) in [7, 11) is 0. The van der Waals surface area contributed by atoms with E-state index in [1.165, 1.54) is 0 Å². The number of carbonyl (C=O) groups excluding carboxylic acids is 1. The lowest BCUT2D eigenvalue weighted by Gasteiger charge is -2.28. The van der Waals surface area contributed by atoms with Crippen LogP contribution in [0.2, 0.25) is 0 Å². The van der Waals surface area contributed by atoms with Crippen molar-refractivity contribution < 1.29 is 14.7 Å². The van der Waals surface area contributed by atoms with Gasteiger partial charge in [-0.2, -0.15) is 5.21 Å². The van der Waals surface area contributed by atoms with Gasteiger partial charge in [-0.1, -0.05) is 18.1 Å². The summed E-state index contributed by atoms with van der Waals surface area (Å²) < 4.78 is 0. The number of carboxylic acids is 1. The van der Waals surface area contributed by atoms with E-state index in [0.29, 0.717) is 18.7 Å². The second-order valence-corrected chi connectivity index (χ2v) is 4.69. The average Bonchev–Trinajstić information content (AvgIpc) is 2.97. The Balaban J connectivity index is 1.86. The summed E-state index contributed by atoms with van der Waals surface area (Å²) >= 11 is 0. The summed E-state index contributed by atoms with van der Waals surface area (Å²) in [5.41, 5.74) is -0.632. The van der Waals surface area contributed by atoms with E-state index in [2.05, 4.69) is 31.3 Å². The number of carbonyl (C=O) groups is 2. The van der Waals surface area contributed by atoms with Gasteiger partial charge in [-0.05, 0) is 12.8 Å². The van der Waals surface area contributed by atoms with Crippen LogP contribution in [0.3, 0.4) is 0 Å². The molecule has 0 saturated heterocycles. The van der Waals surface area contributed by atoms with Crippen molar-refractivity contribution in [3.05, 3.63) is 5.82 Å². The smallest absolute Gasteiger partial charge is 0.315 e. The summed E-state index contributed by atoms with van der Waals surface area (Å²) in [5.74, 6) is -0.533. The van der Waals surface area contributed by atoms with Crippen LogP contribution in [0, 0.1) is 0 Å². The molecule has 1 aromatic heterocycles. The highest BCUT2D eigenvalue weighted by Gasteiger charge is 2.37. The van der Waals surface area contributed by atoms with Crippen LogP contribution in [0.4, 0.5) is 4.79 Å². The molecule has 1 aliphatic carbocycles. The van der Waals surface area contributed by atoms with Crippen molar-refractivity contribution in [2.75, 3.05) is 0 Å². The highest BCUT2D eigenvalue weighted by Crippen LogP contribution is 2.32. The summed E-state index contributed by atoms with van der Waals surface area (Å²) in [4.78, 5) is 22.7. The van der Waals surface area contributed by atoms with E-state index >= 15 is 0 Å². The Bertz CT molecular complexity index is 440. The summed E-state index contributed by atoms with van der Waals surface area (Å²) in [5, 5.41) is 27.3. The summed E-state index contributed by atoms with van der Waals surface area (Å²) in [6, 6.07) is -0.409. The first kappa shape index (κ1) is 13.2. The molecule has 0 radical (unpaired) electrons. The predicted molar refractivity (Wildman–Crippen MR) is 63.0 cm³/mol. The van der Waals surface area contributed by atoms with Crippen LogP contribution in [-0.4, -0.2) is 43.3 Å². The molecule has 0 unspecified atom stereocenters. The first-order valence-corrected chi connectivity index (χ1v) is 6.10. The Hall–Kier alpha value is -2.19. The fourth-order valence-electron chi connectivity index (χ4n) is 2.39. The van der Waals surface area contributed by atoms with Gasteiger partial charge in [-0.25, -0.2) is 4.79 Å². The minimum atomic E-state index is -0.902. The van der Waals surface area contributed by atoms with Crippen LogP contribution in [0.25, 0.3) is 0 Å². The van der Waals surface area contributed by atoms with Crippen molar-refractivity contribution >= 4 is 12.0 Å². The third-order valence-corrected chi connectivity index (χ3v) is 3.23. The van der Waals surface area contributed by atoms with Gasteiger partial charge in [-0.15, -0.1) is 10.2 Å². The van der Waals surface area contributed by atoms with Crippen molar-refractivity contribution in [2.45, 2.75) is 44.2 Å². The molecular formula is C10H16N6O3. The number of aliphatic carboxylic acids is 1. The number of rotatable bonds is 5. The summed E-state index contributed by atoms with van der Waals surface area (Å²) in [6.07, 6.45) is 3.18. The number of amides is 2. The quantitative estimate of drug-likeness (QED) is 0.583. The maximum absolute atomic E-state index is 11.8. The topological polar surface area (TPSA) is 133 Å². The van der Waals surface area contributed by atoms with E-state index in [0.717, 1.165) is 12.8 Å². The largest absolute Gasteiger partial charge is 0.481 e. The van der Waals surface area contributed by atoms with Crippen LogP contribution in [0.5, 0.6) is 0 Å². The molecule has 1 aliphatic rings. The molecular weight excluding hydrogens is 252 g/mol. The molecule has 9 nitrogen and oxygen atoms in total. The van der Waals surface area contributed by atoms with Crippen LogP contribution in [0.1, 0.15) is 37.9 Å². The molecule has 0 aromatic carbocycles. The Morgan fingerprint density at radius 1 is 1.37 bits per heavy atom. The van der Waals surface area contributed by atoms with Crippen LogP contribution < -0.4 is 10.6 Å². The Labute approximate surface area is 109 Å². The van der Waals surface area contributed by atoms with Gasteiger partial charge in [0.25, 0.3) is 0 Å². The van der Waals surface area contributed by atoms with Crippen molar-refractivity contribution in [3.8, 4) is 0 Å². The second kappa shape index (κ2) is 5.63. The lowest BCUT2D eigenvalue weighted by atomic mass is 9.93. The predicted octanol–water partition coefficient (Wildman–Crippen LogP) is -0.214. The number of aromatic amines is 1. The fraction of sp³-hybridized carbons (Fsp3) is 0.700. The zero-order chi connectivity index (χ0) is 13.7. The first-order chi connectivity index (χ1) is 9.10. The molecule has 1 saturated carbocycles. The number of hydrogen-bond acceptors (Lipinski definition) is 5. The number of nitrogens with zero attached hydrogens (tertiary/aromatic N) is 3. The number of aromatic nitrogens is 4. The van der Waals surface area contributed by atoms with Crippen molar-refractivity contribution in [2.24, 2.45) is 0 Å². The fourth-order valence-corrected chi connectivity index (χ4v) is 2.39. The van der Waals surface area contributed by atoms with E-state index in [-0.39, 0.29) is 13.0 Å². The Morgan fingerprint density at radius 3 is 2.68 bits per heavy atom. The first-order valence-electron chi connectivity index (χ1n) is 6.10. The molecule has 9 heteroatoms. The Morgan fingerprint density at radius 2 is 2.11 bits per heavy atom. The van der Waals surface area contributed by atoms with Crippen molar-refractivity contribution in [1.82, 2.24) is 31.3 Å². The molecule has 1 fully saturated rings. The van der Waals surface area contributed by atoms with Crippen LogP contribution >= 0.6 is 0 Å². The normalized spacial score (nSPS) is 17.1. The van der Waals surface area contributed by atoms with Gasteiger partial charge in [-0.3, -0.25) is 4.79 Å². The van der Waals surface area contributed by atoms with E-state index in [1.54, 1.807) is 0 Å². The minimum absolute atomic E-state index is 0.0529. The van der Waals surface area contributed by atoms with Crippen LogP contribution in [0.15, 0.2) is 0 Å². The highest BCUT2D eigenvalue weighted by atomic mass is 16.4. The molecule has 104 valence electrons. The zero-order valence-corrected chi connectivity index (χ0v) is 10.3. The monoisotopic (exact) mass is 268 g/mol. The molecule has 4 N–H and O–H groups in total. The average molecular weight is 268 g/mol. The molecule has 0 aliphatic heterocycles. The van der Waals surface area contributed by atoms with Gasteiger partial charge in [0.15, 0.2) is 5.82 Å². The van der Waals surface area contributed by atoms with Crippen LogP contribution in [-0.2, 0) is 11.3 Å². The molecule has 0 bridgehead atoms. The third kappa shape index (κ3) is 3.63. The van der Waals surface area contributed by atoms with E-state index in [9.17, 15) is 9.59 Å². The Kier molecular flexibility index (Phi) is 3.93. The molecule has 1 aromatic rings. The summed E-state index contributed by atoms with van der Waals surface area (Å²) in [6.45, 7) is 0.144. The van der Waals surface area contributed by atoms with E-state index < -0.39 is 17.5 Å². The number of tetrazole rings is 1. The molecule has 19 heavy (non-hydrogen) atoms. The van der Waals surface area contributed by atoms with Gasteiger partial charge in [0.05, 0.1) is 18.5 Å². The number of hydrogen-bond donors (Lipinski definition) is 4. The standard InChI is InChI=1S/C10H16N6O3/c17-8(18)5-10(3-1-2-4-10)12-9(19)11-6-7-13-15-16-14-7/h1-6H2,(H,17,18)(H2,11,12,19)(H,13,14,15,16). The van der Waals surface area contributed by atoms with E-state index in [4.69, 9.17) is 5.11 Å². The molecule has 2 rings (SSSR count). The van der Waals surface area contributed by atoms with E-state index in [1.807, 2.05) is 0 Å². The SMILES string of the molecule is O=C(O)CC1(NC(=O)NCc2nn[nH]n2)CCCC1. The van der Waals surface area contributed by atoms with Gasteiger partial charge in [0, 0.05) is 0 Å². The number of carboxylic acid groups (broad SMARTS) is 1. The maximum Gasteiger partial charge on any atom is 0.315 e. The molecule has 2 amide bonds. The molecule has 0 atom stereocenters. The lowest BCUT2D eigenvalue weighted by molar-refractivity contribution is -0.138.